The molecule has 0 amide bonds. The zero-order valence-electron chi connectivity index (χ0n) is 9.05. The van der Waals surface area contributed by atoms with E-state index in [1.807, 2.05) is 13.0 Å². The summed E-state index contributed by atoms with van der Waals surface area (Å²) in [4.78, 5) is 0. The lowest BCUT2D eigenvalue weighted by atomic mass is 9.98. The van der Waals surface area contributed by atoms with Crippen LogP contribution < -0.4 is 9.47 Å². The molecule has 0 unspecified atom stereocenters. The van der Waals surface area contributed by atoms with Crippen molar-refractivity contribution in [3.63, 3.8) is 0 Å². The smallest absolute Gasteiger partial charge is 0.231 e. The van der Waals surface area contributed by atoms with E-state index in [0.29, 0.717) is 16.5 Å². The average molecular weight is 241 g/mol. The van der Waals surface area contributed by atoms with Gasteiger partial charge in [0.05, 0.1) is 10.6 Å². The maximum Gasteiger partial charge on any atom is 0.231 e. The lowest BCUT2D eigenvalue weighted by Gasteiger charge is -2.16. The molecule has 0 spiro atoms. The molecule has 1 fully saturated rings. The van der Waals surface area contributed by atoms with E-state index in [1.165, 1.54) is 0 Å². The van der Waals surface area contributed by atoms with Crippen LogP contribution in [0.15, 0.2) is 6.07 Å². The Morgan fingerprint density at radius 2 is 2.19 bits per heavy atom. The summed E-state index contributed by atoms with van der Waals surface area (Å²) < 4.78 is 10.6. The van der Waals surface area contributed by atoms with Crippen LogP contribution in [-0.2, 0) is 12.0 Å². The minimum atomic E-state index is -0.685. The molecule has 1 aliphatic heterocycles. The number of rotatable bonds is 2. The van der Waals surface area contributed by atoms with E-state index >= 15 is 0 Å². The lowest BCUT2D eigenvalue weighted by molar-refractivity contribution is 0.149. The van der Waals surface area contributed by atoms with Crippen LogP contribution in [-0.4, -0.2) is 11.9 Å². The second kappa shape index (κ2) is 3.28. The molecular weight excluding hydrogens is 228 g/mol. The summed E-state index contributed by atoms with van der Waals surface area (Å²) >= 11 is 6.28. The van der Waals surface area contributed by atoms with Crippen LogP contribution in [0.3, 0.4) is 0 Å². The van der Waals surface area contributed by atoms with E-state index in [9.17, 15) is 5.11 Å². The summed E-state index contributed by atoms with van der Waals surface area (Å²) in [6, 6.07) is 1.88. The summed E-state index contributed by atoms with van der Waals surface area (Å²) in [6.07, 6.45) is 2.39. The highest BCUT2D eigenvalue weighted by molar-refractivity contribution is 6.33. The Bertz CT molecular complexity index is 452. The predicted octanol–water partition coefficient (Wildman–Crippen LogP) is 2.61. The van der Waals surface area contributed by atoms with Crippen molar-refractivity contribution in [3.05, 3.63) is 22.2 Å². The normalized spacial score (nSPS) is 19.9. The molecule has 1 aromatic carbocycles. The number of hydrogen-bond donors (Lipinski definition) is 1. The van der Waals surface area contributed by atoms with Crippen LogP contribution in [0.4, 0.5) is 0 Å². The Kier molecular flexibility index (Phi) is 2.10. The van der Waals surface area contributed by atoms with E-state index in [4.69, 9.17) is 21.1 Å². The van der Waals surface area contributed by atoms with Gasteiger partial charge in [-0.3, -0.25) is 0 Å². The van der Waals surface area contributed by atoms with Gasteiger partial charge in [-0.05, 0) is 36.5 Å². The molecule has 0 saturated heterocycles. The van der Waals surface area contributed by atoms with Crippen molar-refractivity contribution in [2.75, 3.05) is 6.79 Å². The molecule has 4 heteroatoms. The monoisotopic (exact) mass is 240 g/mol. The fourth-order valence-corrected chi connectivity index (χ4v) is 2.57. The van der Waals surface area contributed by atoms with Crippen molar-refractivity contribution in [1.82, 2.24) is 0 Å². The Balaban J connectivity index is 2.21. The highest BCUT2D eigenvalue weighted by Gasteiger charge is 2.45. The van der Waals surface area contributed by atoms with Gasteiger partial charge in [0.15, 0.2) is 11.5 Å². The highest BCUT2D eigenvalue weighted by atomic mass is 35.5. The summed E-state index contributed by atoms with van der Waals surface area (Å²) in [5.41, 5.74) is 1.20. The molecule has 0 radical (unpaired) electrons. The van der Waals surface area contributed by atoms with Crippen molar-refractivity contribution in [3.8, 4) is 11.5 Å². The maximum atomic E-state index is 10.2. The minimum absolute atomic E-state index is 0.208. The number of halogens is 1. The zero-order chi connectivity index (χ0) is 11.3. The lowest BCUT2D eigenvalue weighted by Crippen LogP contribution is -2.08. The van der Waals surface area contributed by atoms with Crippen molar-refractivity contribution < 1.29 is 14.6 Å². The van der Waals surface area contributed by atoms with E-state index in [1.54, 1.807) is 0 Å². The average Bonchev–Trinajstić information content (AvgIpc) is 2.84. The van der Waals surface area contributed by atoms with Gasteiger partial charge in [-0.1, -0.05) is 18.5 Å². The molecule has 0 aromatic heterocycles. The number of fused-ring (bicyclic) bond motifs is 1. The van der Waals surface area contributed by atoms with Gasteiger partial charge < -0.3 is 14.6 Å². The molecule has 0 bridgehead atoms. The SMILES string of the molecule is CCc1c(C2(O)CC2)cc2c(c1Cl)OCO2. The third-order valence-electron chi connectivity index (χ3n) is 3.28. The topological polar surface area (TPSA) is 38.7 Å². The summed E-state index contributed by atoms with van der Waals surface area (Å²) in [7, 11) is 0. The van der Waals surface area contributed by atoms with Gasteiger partial charge in [-0.25, -0.2) is 0 Å². The van der Waals surface area contributed by atoms with Gasteiger partial charge in [0.25, 0.3) is 0 Å². The summed E-state index contributed by atoms with van der Waals surface area (Å²) in [5.74, 6) is 1.27. The minimum Gasteiger partial charge on any atom is -0.454 e. The fourth-order valence-electron chi connectivity index (χ4n) is 2.19. The third kappa shape index (κ3) is 1.31. The largest absolute Gasteiger partial charge is 0.454 e. The van der Waals surface area contributed by atoms with Crippen molar-refractivity contribution in [2.45, 2.75) is 31.8 Å². The molecule has 2 aliphatic rings. The molecular formula is C12H13ClO3. The summed E-state index contributed by atoms with van der Waals surface area (Å²) in [5, 5.41) is 10.8. The van der Waals surface area contributed by atoms with E-state index < -0.39 is 5.60 Å². The number of benzene rings is 1. The Hall–Kier alpha value is -0.930. The number of hydrogen-bond acceptors (Lipinski definition) is 3. The van der Waals surface area contributed by atoms with Gasteiger partial charge in [-0.2, -0.15) is 0 Å². The predicted molar refractivity (Wildman–Crippen MR) is 60.1 cm³/mol. The van der Waals surface area contributed by atoms with Crippen LogP contribution in [0.5, 0.6) is 11.5 Å². The van der Waals surface area contributed by atoms with Gasteiger partial charge in [0.2, 0.25) is 6.79 Å². The Morgan fingerprint density at radius 1 is 1.44 bits per heavy atom. The molecule has 0 atom stereocenters. The molecule has 86 valence electrons. The van der Waals surface area contributed by atoms with E-state index in [2.05, 4.69) is 0 Å². The first-order chi connectivity index (χ1) is 7.65. The van der Waals surface area contributed by atoms with E-state index in [0.717, 1.165) is 30.4 Å². The van der Waals surface area contributed by atoms with Gasteiger partial charge >= 0.3 is 0 Å². The first kappa shape index (κ1) is 10.2. The summed E-state index contributed by atoms with van der Waals surface area (Å²) in [6.45, 7) is 2.23. The zero-order valence-corrected chi connectivity index (χ0v) is 9.80. The van der Waals surface area contributed by atoms with Gasteiger partial charge in [-0.15, -0.1) is 0 Å². The number of ether oxygens (including phenoxy) is 2. The van der Waals surface area contributed by atoms with Crippen LogP contribution in [0, 0.1) is 0 Å². The fraction of sp³-hybridized carbons (Fsp3) is 0.500. The quantitative estimate of drug-likeness (QED) is 0.864. The molecule has 1 aromatic rings. The highest BCUT2D eigenvalue weighted by Crippen LogP contribution is 2.52. The Labute approximate surface area is 98.9 Å². The molecule has 1 saturated carbocycles. The second-order valence-corrected chi connectivity index (χ2v) is 4.71. The van der Waals surface area contributed by atoms with Gasteiger partial charge in [0, 0.05) is 0 Å². The third-order valence-corrected chi connectivity index (χ3v) is 3.68. The molecule has 1 heterocycles. The standard InChI is InChI=1S/C12H13ClO3/c1-2-7-8(12(14)3-4-12)5-9-11(10(7)13)16-6-15-9/h5,14H,2-4,6H2,1H3. The van der Waals surface area contributed by atoms with Crippen LogP contribution >= 0.6 is 11.6 Å². The van der Waals surface area contributed by atoms with Crippen LogP contribution in [0.1, 0.15) is 30.9 Å². The van der Waals surface area contributed by atoms with Crippen LogP contribution in [0.25, 0.3) is 0 Å². The van der Waals surface area contributed by atoms with Crippen LogP contribution in [0.2, 0.25) is 5.02 Å². The Morgan fingerprint density at radius 3 is 2.81 bits per heavy atom. The molecule has 3 rings (SSSR count). The van der Waals surface area contributed by atoms with E-state index in [-0.39, 0.29) is 6.79 Å². The molecule has 1 N–H and O–H groups in total. The molecule has 3 nitrogen and oxygen atoms in total. The maximum absolute atomic E-state index is 10.2. The molecule has 1 aliphatic carbocycles. The molecule has 16 heavy (non-hydrogen) atoms. The first-order valence-corrected chi connectivity index (χ1v) is 5.87. The first-order valence-electron chi connectivity index (χ1n) is 5.49. The van der Waals surface area contributed by atoms with Gasteiger partial charge in [0.1, 0.15) is 0 Å². The van der Waals surface area contributed by atoms with Crippen molar-refractivity contribution in [2.24, 2.45) is 0 Å². The second-order valence-electron chi connectivity index (χ2n) is 4.34. The number of aliphatic hydroxyl groups is 1. The van der Waals surface area contributed by atoms with Crippen molar-refractivity contribution in [1.29, 1.82) is 0 Å². The van der Waals surface area contributed by atoms with Crippen molar-refractivity contribution >= 4 is 11.6 Å².